The maximum Gasteiger partial charge on any atom is 0.342 e. The van der Waals surface area contributed by atoms with Gasteiger partial charge in [0.05, 0.1) is 7.11 Å². The Labute approximate surface area is 120 Å². The number of aromatic nitrogens is 2. The highest BCUT2D eigenvalue weighted by molar-refractivity contribution is 6.00. The van der Waals surface area contributed by atoms with Gasteiger partial charge in [0.25, 0.3) is 5.56 Å². The number of esters is 1. The molecule has 0 aliphatic heterocycles. The number of rotatable bonds is 3. The summed E-state index contributed by atoms with van der Waals surface area (Å²) in [6.45, 7) is 2.01. The molecule has 6 nitrogen and oxygen atoms in total. The Morgan fingerprint density at radius 2 is 2.00 bits per heavy atom. The molecule has 0 atom stereocenters. The van der Waals surface area contributed by atoms with Crippen molar-refractivity contribution in [2.45, 2.75) is 13.5 Å². The molecule has 0 saturated carbocycles. The maximum absolute atomic E-state index is 13.0. The Bertz CT molecular complexity index is 738. The van der Waals surface area contributed by atoms with Gasteiger partial charge in [-0.15, -0.1) is 0 Å². The van der Waals surface area contributed by atoms with Gasteiger partial charge >= 0.3 is 5.97 Å². The Morgan fingerprint density at radius 3 is 2.52 bits per heavy atom. The smallest absolute Gasteiger partial charge is 0.342 e. The highest BCUT2D eigenvalue weighted by Gasteiger charge is 2.22. The van der Waals surface area contributed by atoms with Crippen LogP contribution in [0.1, 0.15) is 17.3 Å². The van der Waals surface area contributed by atoms with Crippen LogP contribution in [-0.2, 0) is 11.3 Å². The van der Waals surface area contributed by atoms with Gasteiger partial charge in [-0.2, -0.15) is 5.10 Å². The minimum atomic E-state index is -0.764. The van der Waals surface area contributed by atoms with E-state index in [0.717, 1.165) is 4.68 Å². The van der Waals surface area contributed by atoms with Crippen LogP contribution in [0.5, 0.6) is 0 Å². The first kappa shape index (κ1) is 14.7. The first-order chi connectivity index (χ1) is 9.99. The predicted molar refractivity (Wildman–Crippen MR) is 75.3 cm³/mol. The van der Waals surface area contributed by atoms with Gasteiger partial charge in [-0.05, 0) is 31.2 Å². The van der Waals surface area contributed by atoms with Crippen molar-refractivity contribution in [1.29, 1.82) is 0 Å². The number of anilines is 1. The second kappa shape index (κ2) is 5.74. The van der Waals surface area contributed by atoms with Crippen LogP contribution in [0.3, 0.4) is 0 Å². The molecule has 7 heteroatoms. The van der Waals surface area contributed by atoms with E-state index in [2.05, 4.69) is 9.84 Å². The van der Waals surface area contributed by atoms with E-state index in [9.17, 15) is 14.0 Å². The average Bonchev–Trinajstić information content (AvgIpc) is 2.50. The summed E-state index contributed by atoms with van der Waals surface area (Å²) in [6, 6.07) is 5.37. The number of hydrogen-bond donors (Lipinski definition) is 1. The lowest BCUT2D eigenvalue weighted by Gasteiger charge is -2.12. The van der Waals surface area contributed by atoms with Crippen LogP contribution in [0.4, 0.5) is 10.1 Å². The monoisotopic (exact) mass is 291 g/mol. The van der Waals surface area contributed by atoms with Crippen LogP contribution in [-0.4, -0.2) is 22.9 Å². The average molecular weight is 291 g/mol. The summed E-state index contributed by atoms with van der Waals surface area (Å²) in [5.41, 5.74) is 5.48. The second-order valence-corrected chi connectivity index (χ2v) is 4.26. The fourth-order valence-corrected chi connectivity index (χ4v) is 1.92. The minimum Gasteiger partial charge on any atom is -0.465 e. The van der Waals surface area contributed by atoms with E-state index in [1.165, 1.54) is 31.4 Å². The molecule has 0 aliphatic carbocycles. The van der Waals surface area contributed by atoms with Crippen molar-refractivity contribution in [3.63, 3.8) is 0 Å². The molecule has 0 saturated heterocycles. The molecule has 0 unspecified atom stereocenters. The third kappa shape index (κ3) is 2.62. The largest absolute Gasteiger partial charge is 0.465 e. The van der Waals surface area contributed by atoms with Gasteiger partial charge in [-0.3, -0.25) is 4.79 Å². The van der Waals surface area contributed by atoms with Gasteiger partial charge in [-0.1, -0.05) is 0 Å². The van der Waals surface area contributed by atoms with E-state index in [1.807, 2.05) is 0 Å². The molecular weight excluding hydrogens is 277 g/mol. The molecule has 21 heavy (non-hydrogen) atoms. The first-order valence-corrected chi connectivity index (χ1v) is 6.24. The highest BCUT2D eigenvalue weighted by Crippen LogP contribution is 2.24. The van der Waals surface area contributed by atoms with Crippen LogP contribution in [0.15, 0.2) is 29.1 Å². The van der Waals surface area contributed by atoms with Crippen molar-refractivity contribution in [3.8, 4) is 11.3 Å². The van der Waals surface area contributed by atoms with E-state index < -0.39 is 17.3 Å². The quantitative estimate of drug-likeness (QED) is 0.865. The lowest BCUT2D eigenvalue weighted by atomic mass is 10.1. The molecule has 2 N–H and O–H groups in total. The molecule has 0 radical (unpaired) electrons. The van der Waals surface area contributed by atoms with E-state index in [0.29, 0.717) is 12.1 Å². The van der Waals surface area contributed by atoms with Crippen LogP contribution in [0, 0.1) is 5.82 Å². The second-order valence-electron chi connectivity index (χ2n) is 4.26. The van der Waals surface area contributed by atoms with Crippen molar-refractivity contribution in [2.75, 3.05) is 12.8 Å². The number of aryl methyl sites for hydroxylation is 1. The molecular formula is C14H14FN3O3. The number of ether oxygens (including phenoxy) is 1. The minimum absolute atomic E-state index is 0.112. The molecule has 0 fully saturated rings. The fraction of sp³-hybridized carbons (Fsp3) is 0.214. The Hall–Kier alpha value is -2.70. The standard InChI is InChI=1S/C14H14FN3O3/c1-3-18-13(19)11(16)10(14(20)21-2)12(17-18)8-4-6-9(15)7-5-8/h4-7H,3,16H2,1-2H3. The number of nitrogens with two attached hydrogens (primary N) is 1. The van der Waals surface area contributed by atoms with Crippen LogP contribution >= 0.6 is 0 Å². The van der Waals surface area contributed by atoms with E-state index in [4.69, 9.17) is 5.73 Å². The van der Waals surface area contributed by atoms with Crippen LogP contribution in [0.25, 0.3) is 11.3 Å². The number of carbonyl (C=O) groups excluding carboxylic acids is 1. The van der Waals surface area contributed by atoms with Gasteiger partial charge < -0.3 is 10.5 Å². The summed E-state index contributed by atoms with van der Waals surface area (Å²) >= 11 is 0. The number of methoxy groups -OCH3 is 1. The number of benzene rings is 1. The topological polar surface area (TPSA) is 87.2 Å². The Balaban J connectivity index is 2.79. The normalized spacial score (nSPS) is 10.4. The summed E-state index contributed by atoms with van der Waals surface area (Å²) < 4.78 is 18.8. The predicted octanol–water partition coefficient (Wildman–Crippen LogP) is 1.44. The zero-order valence-electron chi connectivity index (χ0n) is 11.6. The van der Waals surface area contributed by atoms with E-state index >= 15 is 0 Å². The number of nitrogen functional groups attached to an aromatic ring is 1. The summed E-state index contributed by atoms with van der Waals surface area (Å²) in [7, 11) is 1.18. The number of halogens is 1. The highest BCUT2D eigenvalue weighted by atomic mass is 19.1. The third-order valence-electron chi connectivity index (χ3n) is 3.00. The fourth-order valence-electron chi connectivity index (χ4n) is 1.92. The van der Waals surface area contributed by atoms with E-state index in [-0.39, 0.29) is 16.9 Å². The number of nitrogens with zero attached hydrogens (tertiary/aromatic N) is 2. The van der Waals surface area contributed by atoms with Crippen molar-refractivity contribution >= 4 is 11.7 Å². The van der Waals surface area contributed by atoms with Crippen molar-refractivity contribution in [2.24, 2.45) is 0 Å². The van der Waals surface area contributed by atoms with Gasteiger partial charge in [0.1, 0.15) is 22.8 Å². The third-order valence-corrected chi connectivity index (χ3v) is 3.00. The lowest BCUT2D eigenvalue weighted by molar-refractivity contribution is 0.0602. The molecule has 1 heterocycles. The molecule has 0 spiro atoms. The molecule has 1 aromatic heterocycles. The first-order valence-electron chi connectivity index (χ1n) is 6.24. The summed E-state index contributed by atoms with van der Waals surface area (Å²) in [5.74, 6) is -1.19. The number of hydrogen-bond acceptors (Lipinski definition) is 5. The van der Waals surface area contributed by atoms with Gasteiger partial charge in [0, 0.05) is 12.1 Å². The Morgan fingerprint density at radius 1 is 1.38 bits per heavy atom. The maximum atomic E-state index is 13.0. The van der Waals surface area contributed by atoms with E-state index in [1.54, 1.807) is 6.92 Å². The zero-order valence-corrected chi connectivity index (χ0v) is 11.6. The number of carbonyl (C=O) groups is 1. The van der Waals surface area contributed by atoms with Crippen molar-refractivity contribution in [3.05, 3.63) is 46.0 Å². The lowest BCUT2D eigenvalue weighted by Crippen LogP contribution is -2.29. The SMILES string of the molecule is CCn1nc(-c2ccc(F)cc2)c(C(=O)OC)c(N)c1=O. The molecule has 0 bridgehead atoms. The zero-order chi connectivity index (χ0) is 15.6. The molecule has 0 amide bonds. The molecule has 1 aromatic carbocycles. The molecule has 2 aromatic rings. The molecule has 0 aliphatic rings. The Kier molecular flexibility index (Phi) is 4.02. The van der Waals surface area contributed by atoms with Crippen LogP contribution < -0.4 is 11.3 Å². The van der Waals surface area contributed by atoms with Crippen molar-refractivity contribution < 1.29 is 13.9 Å². The molecule has 2 rings (SSSR count). The van der Waals surface area contributed by atoms with Gasteiger partial charge in [-0.25, -0.2) is 13.9 Å². The molecule has 110 valence electrons. The van der Waals surface area contributed by atoms with Gasteiger partial charge in [0.15, 0.2) is 0 Å². The van der Waals surface area contributed by atoms with Crippen LogP contribution in [0.2, 0.25) is 0 Å². The summed E-state index contributed by atoms with van der Waals surface area (Å²) in [6.07, 6.45) is 0. The van der Waals surface area contributed by atoms with Gasteiger partial charge in [0.2, 0.25) is 0 Å². The summed E-state index contributed by atoms with van der Waals surface area (Å²) in [5, 5.41) is 4.12. The van der Waals surface area contributed by atoms with Crippen molar-refractivity contribution in [1.82, 2.24) is 9.78 Å². The summed E-state index contributed by atoms with van der Waals surface area (Å²) in [4.78, 5) is 23.9.